The summed E-state index contributed by atoms with van der Waals surface area (Å²) in [5.74, 6) is -0.570. The van der Waals surface area contributed by atoms with E-state index < -0.39 is 23.5 Å². The smallest absolute Gasteiger partial charge is 0.246 e. The van der Waals surface area contributed by atoms with Crippen molar-refractivity contribution in [1.29, 1.82) is 0 Å². The zero-order chi connectivity index (χ0) is 28.2. The summed E-state index contributed by atoms with van der Waals surface area (Å²) in [5.41, 5.74) is 4.98. The molecule has 6 rings (SSSR count). The van der Waals surface area contributed by atoms with Gasteiger partial charge in [0.05, 0.1) is 18.1 Å². The first-order valence-corrected chi connectivity index (χ1v) is 14.5. The van der Waals surface area contributed by atoms with E-state index in [1.807, 2.05) is 30.3 Å². The van der Waals surface area contributed by atoms with E-state index in [0.29, 0.717) is 12.8 Å². The molecule has 0 radical (unpaired) electrons. The SMILES string of the molecule is CN[C@@H](C)C(=O)N[C@H]1Cc2c([nH]c3ccccc23)[C@H]2CC(C)(C)C(C(=O)NC3CCCc4ccccc43)N2C1=O. The Bertz CT molecular complexity index is 1480. The highest BCUT2D eigenvalue weighted by Gasteiger charge is 2.56. The van der Waals surface area contributed by atoms with E-state index in [2.05, 4.69) is 53.0 Å². The molecule has 8 heteroatoms. The molecule has 8 nitrogen and oxygen atoms in total. The number of aromatic nitrogens is 1. The van der Waals surface area contributed by atoms with E-state index in [4.69, 9.17) is 0 Å². The molecule has 2 aliphatic heterocycles. The average Bonchev–Trinajstić information content (AvgIpc) is 3.42. The monoisotopic (exact) mass is 541 g/mol. The molecule has 40 heavy (non-hydrogen) atoms. The number of nitrogens with zero attached hydrogens (tertiary/aromatic N) is 1. The third kappa shape index (κ3) is 4.38. The van der Waals surface area contributed by atoms with Gasteiger partial charge in [-0.3, -0.25) is 14.4 Å². The van der Waals surface area contributed by atoms with Crippen LogP contribution in [0.1, 0.15) is 74.5 Å². The fraction of sp³-hybridized carbons (Fsp3) is 0.469. The second-order valence-corrected chi connectivity index (χ2v) is 12.3. The maximum atomic E-state index is 14.4. The van der Waals surface area contributed by atoms with Gasteiger partial charge in [0.15, 0.2) is 0 Å². The molecule has 5 atom stereocenters. The maximum Gasteiger partial charge on any atom is 0.246 e. The number of likely N-dealkylation sites (N-methyl/N-ethyl adjacent to an activating group) is 1. The van der Waals surface area contributed by atoms with E-state index in [-0.39, 0.29) is 29.8 Å². The fourth-order valence-corrected chi connectivity index (χ4v) is 7.16. The summed E-state index contributed by atoms with van der Waals surface area (Å²) in [6.07, 6.45) is 3.92. The molecule has 3 heterocycles. The second kappa shape index (κ2) is 10.1. The zero-order valence-electron chi connectivity index (χ0n) is 23.7. The van der Waals surface area contributed by atoms with Crippen LogP contribution in [-0.2, 0) is 27.2 Å². The highest BCUT2D eigenvalue weighted by atomic mass is 16.2. The van der Waals surface area contributed by atoms with Crippen molar-refractivity contribution in [2.24, 2.45) is 5.41 Å². The predicted octanol–water partition coefficient (Wildman–Crippen LogP) is 3.68. The van der Waals surface area contributed by atoms with Crippen LogP contribution in [0.3, 0.4) is 0 Å². The number of carbonyl (C=O) groups excluding carboxylic acids is 3. The molecule has 1 saturated heterocycles. The van der Waals surface area contributed by atoms with Gasteiger partial charge in [-0.15, -0.1) is 0 Å². The Hall–Kier alpha value is -3.65. The fourth-order valence-electron chi connectivity index (χ4n) is 7.16. The molecule has 0 spiro atoms. The van der Waals surface area contributed by atoms with Crippen LogP contribution in [0.5, 0.6) is 0 Å². The molecule has 2 aromatic carbocycles. The average molecular weight is 542 g/mol. The Morgan fingerprint density at radius 3 is 2.60 bits per heavy atom. The summed E-state index contributed by atoms with van der Waals surface area (Å²) < 4.78 is 0. The van der Waals surface area contributed by atoms with E-state index in [1.54, 1.807) is 18.9 Å². The summed E-state index contributed by atoms with van der Waals surface area (Å²) in [4.78, 5) is 46.9. The number of benzene rings is 2. The third-order valence-corrected chi connectivity index (χ3v) is 9.29. The molecule has 2 unspecified atom stereocenters. The first kappa shape index (κ1) is 26.6. The minimum atomic E-state index is -0.772. The van der Waals surface area contributed by atoms with Crippen molar-refractivity contribution in [2.45, 2.75) is 83.1 Å². The Kier molecular flexibility index (Phi) is 6.69. The lowest BCUT2D eigenvalue weighted by molar-refractivity contribution is -0.145. The van der Waals surface area contributed by atoms with Gasteiger partial charge >= 0.3 is 0 Å². The van der Waals surface area contributed by atoms with Crippen molar-refractivity contribution in [3.05, 3.63) is 70.9 Å². The van der Waals surface area contributed by atoms with Crippen LogP contribution in [0.4, 0.5) is 0 Å². The first-order chi connectivity index (χ1) is 19.2. The van der Waals surface area contributed by atoms with Crippen LogP contribution in [-0.4, -0.2) is 52.8 Å². The molecular formula is C32H39N5O3. The highest BCUT2D eigenvalue weighted by Crippen LogP contribution is 2.51. The van der Waals surface area contributed by atoms with Gasteiger partial charge in [0.2, 0.25) is 17.7 Å². The Morgan fingerprint density at radius 1 is 1.05 bits per heavy atom. The molecule has 1 fully saturated rings. The summed E-state index contributed by atoms with van der Waals surface area (Å²) in [7, 11) is 1.72. The maximum absolute atomic E-state index is 14.4. The van der Waals surface area contributed by atoms with Gasteiger partial charge in [-0.05, 0) is 67.8 Å². The third-order valence-electron chi connectivity index (χ3n) is 9.29. The molecule has 1 aliphatic carbocycles. The van der Waals surface area contributed by atoms with Crippen molar-refractivity contribution in [3.8, 4) is 0 Å². The van der Waals surface area contributed by atoms with Crippen LogP contribution in [0.15, 0.2) is 48.5 Å². The Morgan fingerprint density at radius 2 is 1.80 bits per heavy atom. The number of aryl methyl sites for hydroxylation is 1. The van der Waals surface area contributed by atoms with E-state index in [0.717, 1.165) is 41.4 Å². The van der Waals surface area contributed by atoms with Gasteiger partial charge in [0.1, 0.15) is 12.1 Å². The van der Waals surface area contributed by atoms with E-state index in [9.17, 15) is 14.4 Å². The topological polar surface area (TPSA) is 106 Å². The summed E-state index contributed by atoms with van der Waals surface area (Å²) in [5, 5.41) is 10.4. The summed E-state index contributed by atoms with van der Waals surface area (Å²) in [6.45, 7) is 5.92. The number of carbonyl (C=O) groups is 3. The minimum Gasteiger partial charge on any atom is -0.356 e. The lowest BCUT2D eigenvalue weighted by atomic mass is 9.81. The van der Waals surface area contributed by atoms with Gasteiger partial charge in [0.25, 0.3) is 0 Å². The van der Waals surface area contributed by atoms with Gasteiger partial charge in [0, 0.05) is 23.0 Å². The van der Waals surface area contributed by atoms with Gasteiger partial charge in [-0.25, -0.2) is 0 Å². The van der Waals surface area contributed by atoms with E-state index in [1.165, 1.54) is 11.1 Å². The summed E-state index contributed by atoms with van der Waals surface area (Å²) in [6, 6.07) is 14.1. The zero-order valence-corrected chi connectivity index (χ0v) is 23.7. The van der Waals surface area contributed by atoms with Crippen LogP contribution < -0.4 is 16.0 Å². The molecule has 4 N–H and O–H groups in total. The number of fused-ring (bicyclic) bond motifs is 6. The van der Waals surface area contributed by atoms with Gasteiger partial charge in [-0.2, -0.15) is 0 Å². The standard InChI is InChI=1S/C32H39N5O3/c1-18(33-4)29(38)36-25-16-22-21-13-7-8-14-24(21)34-27(22)26-17-32(2,3)28(37(26)31(25)40)30(39)35-23-15-9-11-19-10-5-6-12-20(19)23/h5-8,10,12-14,18,23,25-26,28,33-34H,9,11,15-17H2,1-4H3,(H,35,39)(H,36,38)/t18-,23?,25-,26+,28?/m0/s1. The molecular weight excluding hydrogens is 502 g/mol. The number of hydrogen-bond acceptors (Lipinski definition) is 4. The number of H-pyrrole nitrogens is 1. The van der Waals surface area contributed by atoms with Crippen molar-refractivity contribution >= 4 is 28.6 Å². The first-order valence-electron chi connectivity index (χ1n) is 14.5. The van der Waals surface area contributed by atoms with Crippen molar-refractivity contribution in [2.75, 3.05) is 7.05 Å². The molecule has 3 aromatic rings. The number of rotatable bonds is 5. The number of nitrogens with one attached hydrogen (secondary N) is 4. The molecule has 210 valence electrons. The molecule has 0 saturated carbocycles. The highest BCUT2D eigenvalue weighted by molar-refractivity contribution is 5.96. The van der Waals surface area contributed by atoms with Crippen LogP contribution in [0.25, 0.3) is 10.9 Å². The van der Waals surface area contributed by atoms with Crippen LogP contribution >= 0.6 is 0 Å². The molecule has 1 aromatic heterocycles. The van der Waals surface area contributed by atoms with Crippen molar-refractivity contribution in [3.63, 3.8) is 0 Å². The van der Waals surface area contributed by atoms with Gasteiger partial charge in [-0.1, -0.05) is 56.3 Å². The number of para-hydroxylation sites is 1. The van der Waals surface area contributed by atoms with Crippen LogP contribution in [0.2, 0.25) is 0 Å². The number of amides is 3. The van der Waals surface area contributed by atoms with Crippen molar-refractivity contribution < 1.29 is 14.4 Å². The van der Waals surface area contributed by atoms with Crippen molar-refractivity contribution in [1.82, 2.24) is 25.8 Å². The Labute approximate surface area is 235 Å². The molecule has 3 amide bonds. The lowest BCUT2D eigenvalue weighted by Gasteiger charge is -2.36. The summed E-state index contributed by atoms with van der Waals surface area (Å²) >= 11 is 0. The second-order valence-electron chi connectivity index (χ2n) is 12.3. The predicted molar refractivity (Wildman–Crippen MR) is 154 cm³/mol. The van der Waals surface area contributed by atoms with Gasteiger partial charge < -0.3 is 25.8 Å². The lowest BCUT2D eigenvalue weighted by Crippen LogP contribution is -2.58. The van der Waals surface area contributed by atoms with Crippen LogP contribution in [0, 0.1) is 5.41 Å². The Balaban J connectivity index is 1.40. The number of aromatic amines is 1. The normalized spacial score (nSPS) is 25.9. The minimum absolute atomic E-state index is 0.0787. The molecule has 0 bridgehead atoms. The molecule has 3 aliphatic rings. The van der Waals surface area contributed by atoms with E-state index >= 15 is 0 Å². The quantitative estimate of drug-likeness (QED) is 0.395. The largest absolute Gasteiger partial charge is 0.356 e. The number of hydrogen-bond donors (Lipinski definition) is 4.